The quantitative estimate of drug-likeness (QED) is 0.235. The molecule has 1 atom stereocenters. The van der Waals surface area contributed by atoms with Crippen molar-refractivity contribution < 1.29 is 18.7 Å². The van der Waals surface area contributed by atoms with E-state index in [0.717, 1.165) is 11.1 Å². The summed E-state index contributed by atoms with van der Waals surface area (Å²) in [6.45, 7) is 0.460. The number of benzene rings is 3. The fourth-order valence-electron chi connectivity index (χ4n) is 4.82. The van der Waals surface area contributed by atoms with Crippen LogP contribution in [0.4, 0.5) is 4.39 Å². The molecule has 2 amide bonds. The lowest BCUT2D eigenvalue weighted by atomic mass is 9.93. The van der Waals surface area contributed by atoms with Crippen molar-refractivity contribution >= 4 is 46.4 Å². The van der Waals surface area contributed by atoms with Gasteiger partial charge < -0.3 is 14.5 Å². The third-order valence-corrected chi connectivity index (χ3v) is 8.34. The van der Waals surface area contributed by atoms with Gasteiger partial charge in [0.2, 0.25) is 5.91 Å². The predicted octanol–water partition coefficient (Wildman–Crippen LogP) is 7.02. The number of thiophene rings is 1. The number of nitrogens with zero attached hydrogens (tertiary/aromatic N) is 2. The van der Waals surface area contributed by atoms with Crippen molar-refractivity contribution in [1.82, 2.24) is 9.80 Å². The predicted molar refractivity (Wildman–Crippen MR) is 152 cm³/mol. The van der Waals surface area contributed by atoms with Gasteiger partial charge in [0.1, 0.15) is 18.1 Å². The Morgan fingerprint density at radius 1 is 1.03 bits per heavy atom. The molecule has 1 unspecified atom stereocenters. The summed E-state index contributed by atoms with van der Waals surface area (Å²) in [5.41, 5.74) is 2.93. The molecule has 0 saturated heterocycles. The Bertz CT molecular complexity index is 1490. The zero-order valence-corrected chi connectivity index (χ0v) is 23.4. The first kappa shape index (κ1) is 27.2. The number of rotatable bonds is 7. The Morgan fingerprint density at radius 2 is 1.77 bits per heavy atom. The molecule has 0 N–H and O–H groups in total. The number of hydrogen-bond acceptors (Lipinski definition) is 4. The van der Waals surface area contributed by atoms with E-state index in [0.29, 0.717) is 39.9 Å². The van der Waals surface area contributed by atoms with E-state index in [4.69, 9.17) is 27.9 Å². The Labute approximate surface area is 240 Å². The first-order valence-corrected chi connectivity index (χ1v) is 14.0. The van der Waals surface area contributed by atoms with Crippen molar-refractivity contribution in [2.75, 3.05) is 20.2 Å². The third-order valence-electron chi connectivity index (χ3n) is 6.78. The topological polar surface area (TPSA) is 49.9 Å². The average Bonchev–Trinajstić information content (AvgIpc) is 3.42. The minimum absolute atomic E-state index is 0.140. The summed E-state index contributed by atoms with van der Waals surface area (Å²) >= 11 is 14.4. The van der Waals surface area contributed by atoms with Crippen molar-refractivity contribution in [2.45, 2.75) is 19.0 Å². The van der Waals surface area contributed by atoms with E-state index in [1.54, 1.807) is 71.9 Å². The van der Waals surface area contributed by atoms with Crippen molar-refractivity contribution in [3.63, 3.8) is 0 Å². The van der Waals surface area contributed by atoms with Gasteiger partial charge in [-0.3, -0.25) is 9.59 Å². The molecule has 5 rings (SSSR count). The molecule has 9 heteroatoms. The monoisotopic (exact) mass is 582 g/mol. The van der Waals surface area contributed by atoms with Crippen LogP contribution in [0.5, 0.6) is 5.75 Å². The standard InChI is InChI=1S/C30H25Cl2FN2O3S/c1-38-23-9-4-20(5-10-23)30(37)34(17-19-2-7-22(33)8-3-19)18-28(36)35-14-12-27-25(13-15-39-27)29(35)24-11-6-21(31)16-26(24)32/h2-11,13,15-16,29H,12,14,17-18H2,1H3. The maximum Gasteiger partial charge on any atom is 0.254 e. The van der Waals surface area contributed by atoms with Crippen LogP contribution in [0.15, 0.2) is 78.2 Å². The van der Waals surface area contributed by atoms with Gasteiger partial charge >= 0.3 is 0 Å². The number of ether oxygens (including phenoxy) is 1. The van der Waals surface area contributed by atoms with E-state index >= 15 is 0 Å². The van der Waals surface area contributed by atoms with E-state index in [1.807, 2.05) is 17.5 Å². The Balaban J connectivity index is 1.47. The highest BCUT2D eigenvalue weighted by Gasteiger charge is 2.35. The highest BCUT2D eigenvalue weighted by Crippen LogP contribution is 2.41. The molecule has 0 bridgehead atoms. The molecule has 0 saturated carbocycles. The number of carbonyl (C=O) groups excluding carboxylic acids is 2. The second kappa shape index (κ2) is 11.8. The Kier molecular flexibility index (Phi) is 8.21. The van der Waals surface area contributed by atoms with Gasteiger partial charge in [0.05, 0.1) is 13.2 Å². The molecule has 1 aliphatic rings. The molecule has 2 heterocycles. The molecular formula is C30H25Cl2FN2O3S. The number of methoxy groups -OCH3 is 1. The molecule has 5 nitrogen and oxygen atoms in total. The largest absolute Gasteiger partial charge is 0.497 e. The summed E-state index contributed by atoms with van der Waals surface area (Å²) < 4.78 is 18.8. The summed E-state index contributed by atoms with van der Waals surface area (Å²) in [4.78, 5) is 32.1. The van der Waals surface area contributed by atoms with Gasteiger partial charge in [-0.1, -0.05) is 41.4 Å². The summed E-state index contributed by atoms with van der Waals surface area (Å²) in [6, 6.07) is 19.6. The van der Waals surface area contributed by atoms with E-state index < -0.39 is 6.04 Å². The van der Waals surface area contributed by atoms with Gasteiger partial charge in [-0.05, 0) is 83.1 Å². The molecule has 200 valence electrons. The number of hydrogen-bond donors (Lipinski definition) is 0. The van der Waals surface area contributed by atoms with Gasteiger partial charge in [-0.2, -0.15) is 0 Å². The molecule has 1 aromatic heterocycles. The maximum absolute atomic E-state index is 14.0. The second-order valence-electron chi connectivity index (χ2n) is 9.22. The zero-order chi connectivity index (χ0) is 27.5. The van der Waals surface area contributed by atoms with Crippen LogP contribution in [0.1, 0.15) is 38.0 Å². The minimum atomic E-state index is -0.402. The van der Waals surface area contributed by atoms with Gasteiger partial charge in [0, 0.05) is 33.6 Å². The molecule has 0 aliphatic carbocycles. The minimum Gasteiger partial charge on any atom is -0.497 e. The maximum atomic E-state index is 14.0. The van der Waals surface area contributed by atoms with Gasteiger partial charge in [0.15, 0.2) is 0 Å². The highest BCUT2D eigenvalue weighted by molar-refractivity contribution is 7.10. The van der Waals surface area contributed by atoms with Crippen LogP contribution in [-0.2, 0) is 17.8 Å². The molecule has 0 fully saturated rings. The molecule has 1 aliphatic heterocycles. The van der Waals surface area contributed by atoms with Gasteiger partial charge in [0.25, 0.3) is 5.91 Å². The summed E-state index contributed by atoms with van der Waals surface area (Å²) in [5.74, 6) is -0.280. The summed E-state index contributed by atoms with van der Waals surface area (Å²) in [7, 11) is 1.55. The first-order valence-electron chi connectivity index (χ1n) is 12.3. The highest BCUT2D eigenvalue weighted by atomic mass is 35.5. The SMILES string of the molecule is COc1ccc(C(=O)N(CC(=O)N2CCc3sccc3C2c2ccc(Cl)cc2Cl)Cc2ccc(F)cc2)cc1. The Hall–Kier alpha value is -3.39. The van der Waals surface area contributed by atoms with Crippen LogP contribution in [0.25, 0.3) is 0 Å². The smallest absolute Gasteiger partial charge is 0.254 e. The van der Waals surface area contributed by atoms with Crippen molar-refractivity contribution in [3.8, 4) is 5.75 Å². The normalized spacial score (nSPS) is 14.6. The number of carbonyl (C=O) groups is 2. The van der Waals surface area contributed by atoms with E-state index in [9.17, 15) is 14.0 Å². The molecule has 0 spiro atoms. The number of halogens is 3. The molecule has 4 aromatic rings. The molecule has 0 radical (unpaired) electrons. The van der Waals surface area contributed by atoms with Gasteiger partial charge in [-0.25, -0.2) is 4.39 Å². The molecule has 3 aromatic carbocycles. The fraction of sp³-hybridized carbons (Fsp3) is 0.200. The van der Waals surface area contributed by atoms with Gasteiger partial charge in [-0.15, -0.1) is 11.3 Å². The summed E-state index contributed by atoms with van der Waals surface area (Å²) in [5, 5.41) is 3.00. The summed E-state index contributed by atoms with van der Waals surface area (Å²) in [6.07, 6.45) is 0.713. The van der Waals surface area contributed by atoms with Crippen LogP contribution in [0.2, 0.25) is 10.0 Å². The lowest BCUT2D eigenvalue weighted by molar-refractivity contribution is -0.134. The average molecular weight is 584 g/mol. The van der Waals surface area contributed by atoms with Crippen molar-refractivity contribution in [1.29, 1.82) is 0 Å². The van der Waals surface area contributed by atoms with Crippen LogP contribution in [0, 0.1) is 5.82 Å². The molecular weight excluding hydrogens is 558 g/mol. The van der Waals surface area contributed by atoms with Crippen LogP contribution < -0.4 is 4.74 Å². The van der Waals surface area contributed by atoms with Crippen molar-refractivity contribution in [2.24, 2.45) is 0 Å². The third kappa shape index (κ3) is 5.96. The molecule has 39 heavy (non-hydrogen) atoms. The van der Waals surface area contributed by atoms with E-state index in [2.05, 4.69) is 0 Å². The van der Waals surface area contributed by atoms with Crippen molar-refractivity contribution in [3.05, 3.63) is 121 Å². The van der Waals surface area contributed by atoms with E-state index in [1.165, 1.54) is 21.9 Å². The Morgan fingerprint density at radius 3 is 2.46 bits per heavy atom. The zero-order valence-electron chi connectivity index (χ0n) is 21.1. The fourth-order valence-corrected chi connectivity index (χ4v) is 6.24. The van der Waals surface area contributed by atoms with Crippen LogP contribution in [-0.4, -0.2) is 41.8 Å². The van der Waals surface area contributed by atoms with Crippen LogP contribution in [0.3, 0.4) is 0 Å². The number of fused-ring (bicyclic) bond motifs is 1. The van der Waals surface area contributed by atoms with Crippen LogP contribution >= 0.6 is 34.5 Å². The van der Waals surface area contributed by atoms with E-state index in [-0.39, 0.29) is 30.7 Å². The lowest BCUT2D eigenvalue weighted by Gasteiger charge is -2.38. The first-order chi connectivity index (χ1) is 18.8. The lowest BCUT2D eigenvalue weighted by Crippen LogP contribution is -2.46. The second-order valence-corrected chi connectivity index (χ2v) is 11.1. The number of amides is 2.